The van der Waals surface area contributed by atoms with E-state index in [2.05, 4.69) is 17.4 Å². The Hall–Kier alpha value is -1.02. The molecule has 1 aromatic rings. The predicted octanol–water partition coefficient (Wildman–Crippen LogP) is 3.65. The summed E-state index contributed by atoms with van der Waals surface area (Å²) in [4.78, 5) is 11.3. The molecule has 0 spiro atoms. The number of carbonyl (C=O) groups excluding carboxylic acids is 1. The van der Waals surface area contributed by atoms with Crippen molar-refractivity contribution in [3.05, 3.63) is 29.3 Å². The van der Waals surface area contributed by atoms with Crippen LogP contribution in [0.25, 0.3) is 0 Å². The van der Waals surface area contributed by atoms with E-state index in [1.807, 2.05) is 6.07 Å². The molecule has 1 unspecified atom stereocenters. The van der Waals surface area contributed by atoms with Gasteiger partial charge in [-0.05, 0) is 42.4 Å². The van der Waals surface area contributed by atoms with Crippen molar-refractivity contribution in [3.63, 3.8) is 0 Å². The van der Waals surface area contributed by atoms with Gasteiger partial charge in [0.2, 0.25) is 5.91 Å². The molecule has 0 saturated heterocycles. The third kappa shape index (κ3) is 2.06. The number of rotatable bonds is 2. The summed E-state index contributed by atoms with van der Waals surface area (Å²) in [6, 6.07) is 6.22. The highest BCUT2D eigenvalue weighted by atomic mass is 35.5. The van der Waals surface area contributed by atoms with Gasteiger partial charge in [0.15, 0.2) is 0 Å². The molecule has 1 saturated carbocycles. The van der Waals surface area contributed by atoms with Gasteiger partial charge in [-0.2, -0.15) is 0 Å². The van der Waals surface area contributed by atoms with E-state index >= 15 is 0 Å². The van der Waals surface area contributed by atoms with Crippen LogP contribution in [0.15, 0.2) is 18.2 Å². The highest BCUT2D eigenvalue weighted by Crippen LogP contribution is 2.42. The maximum Gasteiger partial charge on any atom is 0.224 e. The van der Waals surface area contributed by atoms with E-state index in [9.17, 15) is 4.79 Å². The van der Waals surface area contributed by atoms with Gasteiger partial charge in [-0.1, -0.05) is 18.6 Å². The maximum atomic E-state index is 11.3. The smallest absolute Gasteiger partial charge is 0.224 e. The Kier molecular flexibility index (Phi) is 2.83. The van der Waals surface area contributed by atoms with Gasteiger partial charge in [0.05, 0.1) is 5.38 Å². The van der Waals surface area contributed by atoms with E-state index < -0.39 is 0 Å². The van der Waals surface area contributed by atoms with Crippen LogP contribution in [0.2, 0.25) is 0 Å². The monoisotopic (exact) mass is 249 g/mol. The van der Waals surface area contributed by atoms with E-state index in [1.165, 1.54) is 30.4 Å². The minimum atomic E-state index is 0.117. The first-order chi connectivity index (χ1) is 8.24. The van der Waals surface area contributed by atoms with Gasteiger partial charge < -0.3 is 5.32 Å². The number of halogens is 1. The molecule has 1 aromatic carbocycles. The summed E-state index contributed by atoms with van der Waals surface area (Å²) in [6.07, 6.45) is 5.25. The van der Waals surface area contributed by atoms with Crippen molar-refractivity contribution in [2.45, 2.75) is 37.5 Å². The van der Waals surface area contributed by atoms with Crippen LogP contribution in [-0.4, -0.2) is 5.91 Å². The largest absolute Gasteiger partial charge is 0.326 e. The maximum absolute atomic E-state index is 11.3. The van der Waals surface area contributed by atoms with E-state index in [4.69, 9.17) is 11.6 Å². The van der Waals surface area contributed by atoms with Gasteiger partial charge in [0.1, 0.15) is 0 Å². The van der Waals surface area contributed by atoms with Crippen molar-refractivity contribution in [1.29, 1.82) is 0 Å². The van der Waals surface area contributed by atoms with E-state index in [0.29, 0.717) is 12.3 Å². The molecule has 1 atom stereocenters. The summed E-state index contributed by atoms with van der Waals surface area (Å²) in [5.74, 6) is 0.763. The zero-order chi connectivity index (χ0) is 11.8. The Morgan fingerprint density at radius 1 is 1.29 bits per heavy atom. The van der Waals surface area contributed by atoms with Crippen LogP contribution in [0.3, 0.4) is 0 Å². The third-order valence-electron chi connectivity index (χ3n) is 3.91. The van der Waals surface area contributed by atoms with E-state index in [1.54, 1.807) is 0 Å². The van der Waals surface area contributed by atoms with E-state index in [0.717, 1.165) is 12.1 Å². The SMILES string of the molecule is O=C1CCc2cc(C(Cl)C3CCC3)ccc2N1. The lowest BCUT2D eigenvalue weighted by molar-refractivity contribution is -0.116. The molecular formula is C14H16ClNO. The summed E-state index contributed by atoms with van der Waals surface area (Å²) in [7, 11) is 0. The Bertz CT molecular complexity index is 454. The van der Waals surface area contributed by atoms with Gasteiger partial charge >= 0.3 is 0 Å². The number of benzene rings is 1. The van der Waals surface area contributed by atoms with Crippen molar-refractivity contribution < 1.29 is 4.79 Å². The summed E-state index contributed by atoms with van der Waals surface area (Å²) in [5, 5.41) is 3.05. The molecule has 1 aliphatic heterocycles. The van der Waals surface area contributed by atoms with Gasteiger partial charge in [0.25, 0.3) is 0 Å². The van der Waals surface area contributed by atoms with Crippen LogP contribution >= 0.6 is 11.6 Å². The summed E-state index contributed by atoms with van der Waals surface area (Å²) in [6.45, 7) is 0. The summed E-state index contributed by atoms with van der Waals surface area (Å²) in [5.41, 5.74) is 3.40. The number of hydrogen-bond donors (Lipinski definition) is 1. The number of fused-ring (bicyclic) bond motifs is 1. The molecule has 1 N–H and O–H groups in total. The number of carbonyl (C=O) groups is 1. The molecule has 3 rings (SSSR count). The van der Waals surface area contributed by atoms with Crippen LogP contribution in [-0.2, 0) is 11.2 Å². The third-order valence-corrected chi connectivity index (χ3v) is 4.52. The van der Waals surface area contributed by atoms with Gasteiger partial charge in [-0.3, -0.25) is 4.79 Å². The second-order valence-corrected chi connectivity index (χ2v) is 5.53. The predicted molar refractivity (Wildman–Crippen MR) is 69.3 cm³/mol. The Balaban J connectivity index is 1.85. The molecular weight excluding hydrogens is 234 g/mol. The van der Waals surface area contributed by atoms with Gasteiger partial charge in [-0.15, -0.1) is 11.6 Å². The lowest BCUT2D eigenvalue weighted by atomic mass is 9.80. The normalized spacial score (nSPS) is 21.4. The quantitative estimate of drug-likeness (QED) is 0.797. The lowest BCUT2D eigenvalue weighted by Gasteiger charge is -2.30. The second kappa shape index (κ2) is 4.34. The molecule has 1 aliphatic carbocycles. The fourth-order valence-corrected chi connectivity index (χ4v) is 2.97. The van der Waals surface area contributed by atoms with Crippen LogP contribution in [0.1, 0.15) is 42.2 Å². The topological polar surface area (TPSA) is 29.1 Å². The minimum absolute atomic E-state index is 0.117. The van der Waals surface area contributed by atoms with Crippen molar-refractivity contribution in [2.24, 2.45) is 5.92 Å². The fraction of sp³-hybridized carbons (Fsp3) is 0.500. The summed E-state index contributed by atoms with van der Waals surface area (Å²) < 4.78 is 0. The number of amides is 1. The fourth-order valence-electron chi connectivity index (χ4n) is 2.58. The minimum Gasteiger partial charge on any atom is -0.326 e. The number of nitrogens with one attached hydrogen (secondary N) is 1. The molecule has 1 fully saturated rings. The van der Waals surface area contributed by atoms with Gasteiger partial charge in [0, 0.05) is 12.1 Å². The number of aryl methyl sites for hydroxylation is 1. The Morgan fingerprint density at radius 2 is 2.12 bits per heavy atom. The molecule has 1 amide bonds. The highest BCUT2D eigenvalue weighted by Gasteiger charge is 2.27. The van der Waals surface area contributed by atoms with Gasteiger partial charge in [-0.25, -0.2) is 0 Å². The Labute approximate surface area is 106 Å². The van der Waals surface area contributed by atoms with Crippen molar-refractivity contribution in [2.75, 3.05) is 5.32 Å². The molecule has 2 nitrogen and oxygen atoms in total. The first-order valence-electron chi connectivity index (χ1n) is 6.31. The van der Waals surface area contributed by atoms with Crippen LogP contribution in [0, 0.1) is 5.92 Å². The Morgan fingerprint density at radius 3 is 2.82 bits per heavy atom. The highest BCUT2D eigenvalue weighted by molar-refractivity contribution is 6.21. The molecule has 0 radical (unpaired) electrons. The molecule has 2 aliphatic rings. The van der Waals surface area contributed by atoms with Crippen molar-refractivity contribution >= 4 is 23.2 Å². The van der Waals surface area contributed by atoms with E-state index in [-0.39, 0.29) is 11.3 Å². The lowest BCUT2D eigenvalue weighted by Crippen LogP contribution is -2.20. The average molecular weight is 250 g/mol. The molecule has 1 heterocycles. The van der Waals surface area contributed by atoms with Crippen LogP contribution < -0.4 is 5.32 Å². The van der Waals surface area contributed by atoms with Crippen molar-refractivity contribution in [1.82, 2.24) is 0 Å². The van der Waals surface area contributed by atoms with Crippen molar-refractivity contribution in [3.8, 4) is 0 Å². The first-order valence-corrected chi connectivity index (χ1v) is 6.74. The average Bonchev–Trinajstić information content (AvgIpc) is 2.26. The zero-order valence-electron chi connectivity index (χ0n) is 9.71. The molecule has 0 bridgehead atoms. The summed E-state index contributed by atoms with van der Waals surface area (Å²) >= 11 is 6.49. The standard InChI is InChI=1S/C14H16ClNO/c15-14(9-2-1-3-9)11-4-6-12-10(8-11)5-7-13(17)16-12/h4,6,8-9,14H,1-3,5,7H2,(H,16,17). The molecule has 3 heteroatoms. The van der Waals surface area contributed by atoms with Crippen LogP contribution in [0.5, 0.6) is 0 Å². The second-order valence-electron chi connectivity index (χ2n) is 5.06. The number of hydrogen-bond acceptors (Lipinski definition) is 1. The van der Waals surface area contributed by atoms with Crippen LogP contribution in [0.4, 0.5) is 5.69 Å². The first kappa shape index (κ1) is 11.1. The molecule has 0 aromatic heterocycles. The zero-order valence-corrected chi connectivity index (χ0v) is 10.5. The molecule has 17 heavy (non-hydrogen) atoms. The molecule has 90 valence electrons. The number of alkyl halides is 1. The number of anilines is 1.